The molecule has 2 aromatic rings. The first-order valence-corrected chi connectivity index (χ1v) is 9.68. The van der Waals surface area contributed by atoms with E-state index < -0.39 is 0 Å². The maximum Gasteiger partial charge on any atom is 0.235 e. The summed E-state index contributed by atoms with van der Waals surface area (Å²) < 4.78 is 0. The Morgan fingerprint density at radius 1 is 1.04 bits per heavy atom. The summed E-state index contributed by atoms with van der Waals surface area (Å²) in [6.45, 7) is 2.10. The molecule has 0 radical (unpaired) electrons. The van der Waals surface area contributed by atoms with Gasteiger partial charge in [0.25, 0.3) is 0 Å². The molecular weight excluding hydrogens is 367 g/mol. The first kappa shape index (κ1) is 17.4. The van der Waals surface area contributed by atoms with E-state index in [1.165, 1.54) is 18.4 Å². The molecule has 2 heterocycles. The van der Waals surface area contributed by atoms with Gasteiger partial charge >= 0.3 is 0 Å². The van der Waals surface area contributed by atoms with E-state index in [-0.39, 0.29) is 12.3 Å². The summed E-state index contributed by atoms with van der Waals surface area (Å²) >= 11 is 12.1. The molecule has 1 fully saturated rings. The third-order valence-electron chi connectivity index (χ3n) is 4.99. The third-order valence-corrected chi connectivity index (χ3v) is 5.73. The zero-order chi connectivity index (χ0) is 18.1. The molecule has 0 N–H and O–H groups in total. The van der Waals surface area contributed by atoms with Crippen LogP contribution < -0.4 is 9.80 Å². The lowest BCUT2D eigenvalue weighted by atomic mass is 10.0. The van der Waals surface area contributed by atoms with Gasteiger partial charge in [-0.25, -0.2) is 0 Å². The number of hydrogen-bond acceptors (Lipinski definition) is 2. The number of amides is 1. The number of benzene rings is 2. The number of fused-ring (bicyclic) bond motifs is 1. The molecule has 2 aromatic carbocycles. The lowest BCUT2D eigenvalue weighted by Crippen LogP contribution is -2.32. The van der Waals surface area contributed by atoms with Crippen molar-refractivity contribution < 1.29 is 4.79 Å². The fourth-order valence-corrected chi connectivity index (χ4v) is 4.03. The van der Waals surface area contributed by atoms with Crippen molar-refractivity contribution in [3.8, 4) is 0 Å². The predicted molar refractivity (Wildman–Crippen MR) is 108 cm³/mol. The maximum atomic E-state index is 13.1. The number of allylic oxidation sites excluding steroid dienone is 1. The summed E-state index contributed by atoms with van der Waals surface area (Å²) in [5.41, 5.74) is 4.25. The molecular formula is C21H20Cl2N2O. The fourth-order valence-electron chi connectivity index (χ4n) is 3.71. The Kier molecular flexibility index (Phi) is 4.92. The van der Waals surface area contributed by atoms with Crippen LogP contribution in [0.1, 0.15) is 24.0 Å². The highest BCUT2D eigenvalue weighted by molar-refractivity contribution is 6.42. The second kappa shape index (κ2) is 7.34. The van der Waals surface area contributed by atoms with Crippen molar-refractivity contribution in [2.75, 3.05) is 22.9 Å². The number of halogens is 2. The van der Waals surface area contributed by atoms with E-state index in [4.69, 9.17) is 23.2 Å². The van der Waals surface area contributed by atoms with Gasteiger partial charge in [-0.15, -0.1) is 0 Å². The van der Waals surface area contributed by atoms with Crippen LogP contribution in [0.2, 0.25) is 10.0 Å². The van der Waals surface area contributed by atoms with Crippen LogP contribution in [0.15, 0.2) is 48.7 Å². The molecule has 0 aromatic heterocycles. The second-order valence-electron chi connectivity index (χ2n) is 6.76. The smallest absolute Gasteiger partial charge is 0.235 e. The van der Waals surface area contributed by atoms with Crippen molar-refractivity contribution in [2.45, 2.75) is 25.7 Å². The van der Waals surface area contributed by atoms with Gasteiger partial charge in [-0.2, -0.15) is 0 Å². The Morgan fingerprint density at radius 3 is 2.62 bits per heavy atom. The van der Waals surface area contributed by atoms with Gasteiger partial charge in [0.05, 0.1) is 27.8 Å². The van der Waals surface area contributed by atoms with E-state index in [0.717, 1.165) is 36.4 Å². The Labute approximate surface area is 163 Å². The predicted octanol–water partition coefficient (Wildman–Crippen LogP) is 5.24. The summed E-state index contributed by atoms with van der Waals surface area (Å²) in [6.07, 6.45) is 7.50. The lowest BCUT2D eigenvalue weighted by Gasteiger charge is -2.31. The second-order valence-corrected chi connectivity index (χ2v) is 7.57. The quantitative estimate of drug-likeness (QED) is 0.719. The van der Waals surface area contributed by atoms with E-state index in [1.54, 1.807) is 17.0 Å². The number of carbonyl (C=O) groups excluding carboxylic acids is 1. The summed E-state index contributed by atoms with van der Waals surface area (Å²) in [7, 11) is 0. The third kappa shape index (κ3) is 3.34. The molecule has 4 rings (SSSR count). The summed E-state index contributed by atoms with van der Waals surface area (Å²) in [5.74, 6) is 0.0345. The summed E-state index contributed by atoms with van der Waals surface area (Å²) in [5, 5.41) is 0.978. The molecule has 26 heavy (non-hydrogen) atoms. The minimum Gasteiger partial charge on any atom is -0.370 e. The molecule has 2 aliphatic heterocycles. The van der Waals surface area contributed by atoms with Gasteiger partial charge in [-0.05, 0) is 48.6 Å². The Hall–Kier alpha value is -1.97. The number of rotatable bonds is 3. The average Bonchev–Trinajstić information content (AvgIpc) is 3.18. The molecule has 0 spiro atoms. The molecule has 134 valence electrons. The van der Waals surface area contributed by atoms with E-state index in [1.807, 2.05) is 18.3 Å². The molecule has 1 amide bonds. The van der Waals surface area contributed by atoms with Crippen LogP contribution in [0, 0.1) is 0 Å². The molecule has 1 saturated heterocycles. The number of hydrogen-bond donors (Lipinski definition) is 0. The highest BCUT2D eigenvalue weighted by Crippen LogP contribution is 2.38. The standard InChI is InChI=1S/C21H20Cl2N2O/c22-17-9-8-15(13-18(17)23)14-20(26)25-12-4-6-16-5-3-7-19(21(16)25)24-10-1-2-11-24/h3-5,7-9,12-13H,1-2,6,10-11,14H2. The van der Waals surface area contributed by atoms with Crippen molar-refractivity contribution in [3.05, 3.63) is 69.8 Å². The van der Waals surface area contributed by atoms with Gasteiger partial charge in [0.15, 0.2) is 0 Å². The number of para-hydroxylation sites is 1. The zero-order valence-electron chi connectivity index (χ0n) is 14.4. The van der Waals surface area contributed by atoms with Gasteiger partial charge in [0, 0.05) is 19.3 Å². The molecule has 0 aliphatic carbocycles. The highest BCUT2D eigenvalue weighted by atomic mass is 35.5. The first-order chi connectivity index (χ1) is 12.6. The minimum absolute atomic E-state index is 0.0345. The van der Waals surface area contributed by atoms with Crippen LogP contribution in [-0.2, 0) is 17.6 Å². The van der Waals surface area contributed by atoms with Crippen LogP contribution >= 0.6 is 23.2 Å². The monoisotopic (exact) mass is 386 g/mol. The molecule has 2 aliphatic rings. The minimum atomic E-state index is 0.0345. The largest absolute Gasteiger partial charge is 0.370 e. The van der Waals surface area contributed by atoms with Crippen LogP contribution in [-0.4, -0.2) is 19.0 Å². The number of carbonyl (C=O) groups is 1. The Balaban J connectivity index is 1.65. The van der Waals surface area contributed by atoms with Crippen molar-refractivity contribution >= 4 is 40.5 Å². The number of anilines is 2. The topological polar surface area (TPSA) is 23.6 Å². The van der Waals surface area contributed by atoms with Gasteiger partial charge in [-0.1, -0.05) is 47.5 Å². The molecule has 5 heteroatoms. The summed E-state index contributed by atoms with van der Waals surface area (Å²) in [4.78, 5) is 17.3. The Bertz CT molecular complexity index is 872. The first-order valence-electron chi connectivity index (χ1n) is 8.93. The molecule has 0 saturated carbocycles. The number of nitrogens with zero attached hydrogens (tertiary/aromatic N) is 2. The van der Waals surface area contributed by atoms with Gasteiger partial charge in [0.1, 0.15) is 0 Å². The van der Waals surface area contributed by atoms with Gasteiger partial charge in [-0.3, -0.25) is 9.69 Å². The molecule has 0 unspecified atom stereocenters. The van der Waals surface area contributed by atoms with Crippen LogP contribution in [0.4, 0.5) is 11.4 Å². The lowest BCUT2D eigenvalue weighted by molar-refractivity contribution is -0.117. The Morgan fingerprint density at radius 2 is 1.85 bits per heavy atom. The molecule has 0 bridgehead atoms. The van der Waals surface area contributed by atoms with Crippen molar-refractivity contribution in [3.63, 3.8) is 0 Å². The normalized spacial score (nSPS) is 16.1. The van der Waals surface area contributed by atoms with Crippen LogP contribution in [0.25, 0.3) is 0 Å². The average molecular weight is 387 g/mol. The van der Waals surface area contributed by atoms with Crippen molar-refractivity contribution in [1.29, 1.82) is 0 Å². The van der Waals surface area contributed by atoms with Crippen LogP contribution in [0.3, 0.4) is 0 Å². The van der Waals surface area contributed by atoms with E-state index in [9.17, 15) is 4.79 Å². The zero-order valence-corrected chi connectivity index (χ0v) is 15.9. The summed E-state index contributed by atoms with van der Waals surface area (Å²) in [6, 6.07) is 11.7. The highest BCUT2D eigenvalue weighted by Gasteiger charge is 2.26. The van der Waals surface area contributed by atoms with Crippen molar-refractivity contribution in [2.24, 2.45) is 0 Å². The fraction of sp³-hybridized carbons (Fsp3) is 0.286. The van der Waals surface area contributed by atoms with Crippen molar-refractivity contribution in [1.82, 2.24) is 0 Å². The van der Waals surface area contributed by atoms with E-state index >= 15 is 0 Å². The molecule has 0 atom stereocenters. The van der Waals surface area contributed by atoms with E-state index in [2.05, 4.69) is 23.1 Å². The SMILES string of the molecule is O=C(Cc1ccc(Cl)c(Cl)c1)N1C=CCc2cccc(N3CCCC3)c21. The van der Waals surface area contributed by atoms with Crippen LogP contribution in [0.5, 0.6) is 0 Å². The van der Waals surface area contributed by atoms with Gasteiger partial charge < -0.3 is 4.90 Å². The van der Waals surface area contributed by atoms with Gasteiger partial charge in [0.2, 0.25) is 5.91 Å². The molecule has 3 nitrogen and oxygen atoms in total. The maximum absolute atomic E-state index is 13.1. The van der Waals surface area contributed by atoms with E-state index in [0.29, 0.717) is 10.0 Å².